The van der Waals surface area contributed by atoms with E-state index in [1.54, 1.807) is 20.8 Å². The number of fused-ring (bicyclic) bond motifs is 2. The van der Waals surface area contributed by atoms with Gasteiger partial charge in [0.2, 0.25) is 0 Å². The first-order valence-corrected chi connectivity index (χ1v) is 28.7. The summed E-state index contributed by atoms with van der Waals surface area (Å²) >= 11 is 12.8. The van der Waals surface area contributed by atoms with Gasteiger partial charge in [-0.25, -0.2) is 0 Å². The molecule has 25 heteroatoms. The van der Waals surface area contributed by atoms with Gasteiger partial charge in [-0.2, -0.15) is 45.9 Å². The summed E-state index contributed by atoms with van der Waals surface area (Å²) in [7, 11) is 1.29. The molecule has 6 aliphatic carbocycles. The van der Waals surface area contributed by atoms with Crippen molar-refractivity contribution in [3.8, 4) is 0 Å². The zero-order valence-corrected chi connectivity index (χ0v) is 50.6. The Labute approximate surface area is 515 Å². The molecule has 4 N–H and O–H groups in total. The smallest absolute Gasteiger partial charge is 0.870 e. The van der Waals surface area contributed by atoms with Crippen molar-refractivity contribution in [3.63, 3.8) is 0 Å². The van der Waals surface area contributed by atoms with Gasteiger partial charge >= 0.3 is 55.1 Å². The normalized spacial score (nSPS) is 21.1. The van der Waals surface area contributed by atoms with Crippen LogP contribution in [0, 0.1) is 23.7 Å². The van der Waals surface area contributed by atoms with Gasteiger partial charge in [-0.15, -0.1) is 0 Å². The number of hydrogen-bond acceptors (Lipinski definition) is 12. The van der Waals surface area contributed by atoms with Crippen molar-refractivity contribution in [3.05, 3.63) is 115 Å². The average Bonchev–Trinajstić information content (AvgIpc) is 1.58. The standard InChI is InChI=1S/C31H34ClF3N2O5.C30H32ClF3N2O5.Li.2H2O/c1-29(2,3)42-28(40)18-10-8-17(9-11-18)25-20-13-12-19(27(39)41-4)16-23(20)37(36-25)26(38)24-21(6-5-7-22(24)32)30(14-15-30)31(33,34)35;1-28(2,3)41-27(40)17-9-7-16(8-10-17)24-19-12-11-18(26(38)39)15-22(19)36(35-24)25(37)23-20(5-4-6-21(23)31)29(13-14-29)30(32,33)34;;;/h5-8,18-19H,9-16H2,1-4H3;4-7,17-18H,8-15H2,1-3H3,(H,38,39);;2*1H2/q;;+1;;/p-1/t18-,19-;17-,18-;;;/m11.../s1. The number of esters is 3. The van der Waals surface area contributed by atoms with Gasteiger partial charge in [-0.3, -0.25) is 28.8 Å². The number of carbonyl (C=O) groups is 6. The molecule has 2 saturated carbocycles. The van der Waals surface area contributed by atoms with E-state index in [2.05, 4.69) is 10.2 Å². The number of aliphatic carboxylic acids is 1. The fourth-order valence-electron chi connectivity index (χ4n) is 12.1. The third-order valence-electron chi connectivity index (χ3n) is 16.8. The number of carboxylic acids is 1. The fraction of sp³-hybridized carbons (Fsp3) is 0.541. The summed E-state index contributed by atoms with van der Waals surface area (Å²) in [6.45, 7) is 10.9. The predicted octanol–water partition coefficient (Wildman–Crippen LogP) is 9.16. The minimum absolute atomic E-state index is 0. The number of allylic oxidation sites excluding steroid dienone is 4. The summed E-state index contributed by atoms with van der Waals surface area (Å²) in [4.78, 5) is 77.7. The van der Waals surface area contributed by atoms with Crippen LogP contribution in [0.25, 0.3) is 11.1 Å². The predicted molar refractivity (Wildman–Crippen MR) is 299 cm³/mol. The zero-order valence-electron chi connectivity index (χ0n) is 49.1. The van der Waals surface area contributed by atoms with Crippen LogP contribution in [-0.4, -0.2) is 102 Å². The number of ether oxygens (including phenoxy) is 3. The largest absolute Gasteiger partial charge is 1.00 e. The summed E-state index contributed by atoms with van der Waals surface area (Å²) in [5.41, 5.74) is -1.24. The molecule has 16 nitrogen and oxygen atoms in total. The van der Waals surface area contributed by atoms with Crippen LogP contribution in [0.3, 0.4) is 0 Å². The number of benzene rings is 2. The number of carbonyl (C=O) groups excluding carboxylic acids is 5. The van der Waals surface area contributed by atoms with Crippen molar-refractivity contribution in [2.45, 2.75) is 179 Å². The number of halogens is 8. The summed E-state index contributed by atoms with van der Waals surface area (Å²) in [6, 6.07) is 8.21. The quantitative estimate of drug-likeness (QED) is 0.0674. The molecule has 2 fully saturated rings. The second kappa shape index (κ2) is 25.8. The number of methoxy groups -OCH3 is 1. The van der Waals surface area contributed by atoms with Crippen LogP contribution in [-0.2, 0) is 69.9 Å². The molecular formula is C61H69Cl2F6LiN4O12. The van der Waals surface area contributed by atoms with E-state index >= 15 is 0 Å². The van der Waals surface area contributed by atoms with E-state index < -0.39 is 70.0 Å². The topological polar surface area (TPSA) is 247 Å². The number of aromatic nitrogens is 4. The van der Waals surface area contributed by atoms with Crippen LogP contribution in [0.1, 0.15) is 184 Å². The van der Waals surface area contributed by atoms with Crippen molar-refractivity contribution in [2.75, 3.05) is 7.11 Å². The van der Waals surface area contributed by atoms with E-state index in [4.69, 9.17) is 37.4 Å². The Hall–Kier alpha value is -5.76. The molecule has 86 heavy (non-hydrogen) atoms. The van der Waals surface area contributed by atoms with Gasteiger partial charge in [-0.1, -0.05) is 59.6 Å². The van der Waals surface area contributed by atoms with Crippen molar-refractivity contribution < 1.29 is 104 Å². The van der Waals surface area contributed by atoms with Gasteiger partial charge in [0.25, 0.3) is 11.8 Å². The molecule has 2 heterocycles. The first-order chi connectivity index (χ1) is 38.8. The summed E-state index contributed by atoms with van der Waals surface area (Å²) in [6.07, 6.45) is -1.17. The van der Waals surface area contributed by atoms with Crippen LogP contribution >= 0.6 is 23.2 Å². The molecule has 0 unspecified atom stereocenters. The Balaban J connectivity index is 0.000000266. The fourth-order valence-corrected chi connectivity index (χ4v) is 12.6. The number of alkyl halides is 6. The molecule has 0 amide bonds. The molecule has 2 aromatic carbocycles. The van der Waals surface area contributed by atoms with E-state index in [9.17, 15) is 60.2 Å². The van der Waals surface area contributed by atoms with E-state index in [-0.39, 0.29) is 124 Å². The molecule has 0 spiro atoms. The van der Waals surface area contributed by atoms with Gasteiger partial charge in [0.05, 0.1) is 85.6 Å². The van der Waals surface area contributed by atoms with Crippen LogP contribution in [0.2, 0.25) is 10.0 Å². The van der Waals surface area contributed by atoms with Crippen molar-refractivity contribution >= 4 is 70.0 Å². The summed E-state index contributed by atoms with van der Waals surface area (Å²) in [5, 5.41) is 18.8. The summed E-state index contributed by atoms with van der Waals surface area (Å²) in [5.74, 6) is -5.47. The monoisotopic (exact) mass is 1240 g/mol. The number of hydrogen-bond donors (Lipinski definition) is 1. The second-order valence-corrected chi connectivity index (χ2v) is 25.5. The molecule has 0 radical (unpaired) electrons. The third kappa shape index (κ3) is 13.8. The molecule has 0 aliphatic heterocycles. The molecule has 10 rings (SSSR count). The zero-order chi connectivity index (χ0) is 60.5. The van der Waals surface area contributed by atoms with E-state index in [0.717, 1.165) is 26.1 Å². The maximum absolute atomic E-state index is 14.2. The van der Waals surface area contributed by atoms with Crippen LogP contribution in [0.4, 0.5) is 26.3 Å². The molecule has 4 atom stereocenters. The first kappa shape index (κ1) is 69.3. The number of carboxylic acid groups (broad SMARTS) is 1. The van der Waals surface area contributed by atoms with Gasteiger partial charge in [-0.05, 0) is 166 Å². The number of nitrogens with zero attached hydrogens (tertiary/aromatic N) is 4. The van der Waals surface area contributed by atoms with E-state index in [1.807, 2.05) is 32.9 Å². The van der Waals surface area contributed by atoms with Gasteiger partial charge in [0.15, 0.2) is 0 Å². The van der Waals surface area contributed by atoms with Crippen LogP contribution in [0.15, 0.2) is 48.6 Å². The minimum atomic E-state index is -4.56. The molecule has 0 bridgehead atoms. The van der Waals surface area contributed by atoms with Crippen LogP contribution < -0.4 is 18.9 Å². The average molecular weight is 1240 g/mol. The van der Waals surface area contributed by atoms with E-state index in [1.165, 1.54) is 43.5 Å². The number of rotatable bonds is 10. The molecule has 0 saturated heterocycles. The molecule has 4 aromatic rings. The van der Waals surface area contributed by atoms with Gasteiger partial charge in [0, 0.05) is 24.0 Å². The second-order valence-electron chi connectivity index (χ2n) is 24.7. The Morgan fingerprint density at radius 1 is 0.581 bits per heavy atom. The van der Waals surface area contributed by atoms with E-state index in [0.29, 0.717) is 92.5 Å². The summed E-state index contributed by atoms with van der Waals surface area (Å²) < 4.78 is 103. The maximum Gasteiger partial charge on any atom is 1.00 e. The maximum atomic E-state index is 14.2. The van der Waals surface area contributed by atoms with Gasteiger partial charge in [0.1, 0.15) is 11.2 Å². The van der Waals surface area contributed by atoms with Crippen molar-refractivity contribution in [1.82, 2.24) is 19.6 Å². The molecule has 2 aromatic heterocycles. The Morgan fingerprint density at radius 3 is 1.26 bits per heavy atom. The Bertz CT molecular complexity index is 3370. The van der Waals surface area contributed by atoms with Crippen molar-refractivity contribution in [1.29, 1.82) is 0 Å². The Kier molecular flexibility index (Phi) is 20.8. The van der Waals surface area contributed by atoms with Crippen molar-refractivity contribution in [2.24, 2.45) is 23.7 Å². The SMILES string of the molecule is CC(C)(C)OC(=O)[C@@H]1CC=C(c2nn(C(=O)c3c(Cl)cccc3C3(C(F)(F)F)CC3)c3c2CC[C@@H](C(=O)O)C3)CC1.COC(=O)[C@@H]1CCc2c(C3=CC[C@@H](C(=O)OC(C)(C)C)CC3)nn(C(=O)c3c(Cl)cccc3C3(C(F)(F)F)CC3)c2C1.O.[Li+].[OH-]. The third-order valence-corrected chi connectivity index (χ3v) is 17.4. The molecular weight excluding hydrogens is 1170 g/mol. The first-order valence-electron chi connectivity index (χ1n) is 28.0. The van der Waals surface area contributed by atoms with Gasteiger partial charge < -0.3 is 30.3 Å². The Morgan fingerprint density at radius 2 is 0.942 bits per heavy atom. The molecule has 462 valence electrons. The molecule has 6 aliphatic rings. The van der Waals surface area contributed by atoms with Crippen LogP contribution in [0.5, 0.6) is 0 Å². The minimum Gasteiger partial charge on any atom is -0.870 e.